The molecule has 148 valence electrons. The average Bonchev–Trinajstić information content (AvgIpc) is 3.48. The first-order chi connectivity index (χ1) is 13.1. The van der Waals surface area contributed by atoms with Crippen molar-refractivity contribution in [1.29, 1.82) is 0 Å². The van der Waals surface area contributed by atoms with Crippen molar-refractivity contribution < 1.29 is 4.79 Å². The van der Waals surface area contributed by atoms with Crippen LogP contribution in [0.25, 0.3) is 0 Å². The lowest BCUT2D eigenvalue weighted by atomic mass is 9.90. The molecule has 1 atom stereocenters. The van der Waals surface area contributed by atoms with Gasteiger partial charge >= 0.3 is 0 Å². The molecular weight excluding hydrogens is 336 g/mol. The summed E-state index contributed by atoms with van der Waals surface area (Å²) in [5, 5.41) is 6.71. The van der Waals surface area contributed by atoms with E-state index < -0.39 is 0 Å². The third-order valence-corrected chi connectivity index (χ3v) is 6.65. The van der Waals surface area contributed by atoms with Crippen LogP contribution in [0.2, 0.25) is 0 Å². The molecule has 2 N–H and O–H groups in total. The van der Waals surface area contributed by atoms with Gasteiger partial charge in [-0.25, -0.2) is 0 Å². The summed E-state index contributed by atoms with van der Waals surface area (Å²) in [6.45, 7) is 8.72. The van der Waals surface area contributed by atoms with Crippen LogP contribution in [0, 0.1) is 5.41 Å². The molecule has 2 saturated heterocycles. The first kappa shape index (κ1) is 18.9. The fourth-order valence-electron chi connectivity index (χ4n) is 4.49. The van der Waals surface area contributed by atoms with Crippen molar-refractivity contribution in [1.82, 2.24) is 20.4 Å². The maximum Gasteiger partial charge on any atom is 0.251 e. The number of nitrogens with zero attached hydrogens (tertiary/aromatic N) is 2. The zero-order chi connectivity index (χ0) is 18.7. The van der Waals surface area contributed by atoms with Crippen LogP contribution in [0.4, 0.5) is 0 Å². The second kappa shape index (κ2) is 8.29. The van der Waals surface area contributed by atoms with E-state index in [0.29, 0.717) is 11.3 Å². The van der Waals surface area contributed by atoms with Crippen LogP contribution in [0.5, 0.6) is 0 Å². The molecule has 0 spiro atoms. The predicted molar refractivity (Wildman–Crippen MR) is 109 cm³/mol. The van der Waals surface area contributed by atoms with Crippen molar-refractivity contribution in [2.75, 3.05) is 59.4 Å². The van der Waals surface area contributed by atoms with E-state index >= 15 is 0 Å². The minimum atomic E-state index is 0.0882. The van der Waals surface area contributed by atoms with Crippen LogP contribution in [0.1, 0.15) is 47.5 Å². The summed E-state index contributed by atoms with van der Waals surface area (Å²) in [7, 11) is 2.20. The molecule has 2 heterocycles. The van der Waals surface area contributed by atoms with Crippen LogP contribution in [0.15, 0.2) is 24.3 Å². The zero-order valence-electron chi connectivity index (χ0n) is 16.7. The smallest absolute Gasteiger partial charge is 0.251 e. The third-order valence-electron chi connectivity index (χ3n) is 6.65. The molecule has 27 heavy (non-hydrogen) atoms. The Morgan fingerprint density at radius 2 is 2.07 bits per heavy atom. The second-order valence-corrected chi connectivity index (χ2v) is 8.93. The van der Waals surface area contributed by atoms with Gasteiger partial charge in [-0.3, -0.25) is 4.79 Å². The molecule has 1 aromatic carbocycles. The lowest BCUT2D eigenvalue weighted by Crippen LogP contribution is -2.47. The van der Waals surface area contributed by atoms with Gasteiger partial charge in [0.05, 0.1) is 0 Å². The van der Waals surface area contributed by atoms with E-state index in [2.05, 4.69) is 39.6 Å². The quantitative estimate of drug-likeness (QED) is 0.803. The van der Waals surface area contributed by atoms with Gasteiger partial charge in [0, 0.05) is 56.8 Å². The zero-order valence-corrected chi connectivity index (χ0v) is 16.7. The number of hydrogen-bond donors (Lipinski definition) is 2. The number of nitrogens with one attached hydrogen (secondary N) is 2. The van der Waals surface area contributed by atoms with Crippen LogP contribution in [-0.4, -0.2) is 75.1 Å². The van der Waals surface area contributed by atoms with Crippen LogP contribution < -0.4 is 10.6 Å². The second-order valence-electron chi connectivity index (χ2n) is 8.93. The molecule has 4 rings (SSSR count). The van der Waals surface area contributed by atoms with E-state index in [4.69, 9.17) is 0 Å². The number of benzene rings is 1. The number of carbonyl (C=O) groups is 1. The minimum Gasteiger partial charge on any atom is -0.351 e. The van der Waals surface area contributed by atoms with Gasteiger partial charge < -0.3 is 20.4 Å². The summed E-state index contributed by atoms with van der Waals surface area (Å²) in [6.07, 6.45) is 4.92. The van der Waals surface area contributed by atoms with E-state index in [1.165, 1.54) is 31.2 Å². The summed E-state index contributed by atoms with van der Waals surface area (Å²) in [4.78, 5) is 17.7. The van der Waals surface area contributed by atoms with Gasteiger partial charge in [-0.05, 0) is 62.9 Å². The molecule has 0 aromatic heterocycles. The lowest BCUT2D eigenvalue weighted by Gasteiger charge is -2.34. The van der Waals surface area contributed by atoms with Gasteiger partial charge in [-0.15, -0.1) is 0 Å². The molecule has 5 nitrogen and oxygen atoms in total. The van der Waals surface area contributed by atoms with Gasteiger partial charge in [0.25, 0.3) is 5.91 Å². The molecule has 1 amide bonds. The molecule has 0 radical (unpaired) electrons. The molecule has 2 aliphatic heterocycles. The van der Waals surface area contributed by atoms with Crippen LogP contribution in [-0.2, 0) is 0 Å². The number of carbonyl (C=O) groups excluding carboxylic acids is 1. The maximum atomic E-state index is 12.7. The summed E-state index contributed by atoms with van der Waals surface area (Å²) >= 11 is 0. The monoisotopic (exact) mass is 370 g/mol. The van der Waals surface area contributed by atoms with Crippen LogP contribution >= 0.6 is 0 Å². The molecule has 3 aliphatic rings. The van der Waals surface area contributed by atoms with Crippen molar-refractivity contribution in [3.8, 4) is 0 Å². The highest BCUT2D eigenvalue weighted by Gasteiger charge is 2.44. The van der Waals surface area contributed by atoms with Gasteiger partial charge in [0.15, 0.2) is 0 Å². The molecule has 1 aliphatic carbocycles. The van der Waals surface area contributed by atoms with Gasteiger partial charge in [-0.1, -0.05) is 12.1 Å². The van der Waals surface area contributed by atoms with Crippen molar-refractivity contribution in [3.05, 3.63) is 35.4 Å². The Bertz CT molecular complexity index is 643. The van der Waals surface area contributed by atoms with Gasteiger partial charge in [0.1, 0.15) is 0 Å². The number of piperidine rings is 1. The highest BCUT2D eigenvalue weighted by molar-refractivity contribution is 5.94. The Labute approximate surface area is 163 Å². The Balaban J connectivity index is 1.30. The van der Waals surface area contributed by atoms with E-state index in [9.17, 15) is 4.79 Å². The molecule has 5 heteroatoms. The highest BCUT2D eigenvalue weighted by atomic mass is 16.1. The third kappa shape index (κ3) is 4.89. The van der Waals surface area contributed by atoms with Gasteiger partial charge in [0.2, 0.25) is 0 Å². The number of rotatable bonds is 6. The van der Waals surface area contributed by atoms with Gasteiger partial charge in [-0.2, -0.15) is 0 Å². The van der Waals surface area contributed by atoms with Crippen molar-refractivity contribution in [3.63, 3.8) is 0 Å². The van der Waals surface area contributed by atoms with E-state index in [1.807, 2.05) is 12.1 Å². The van der Waals surface area contributed by atoms with Crippen molar-refractivity contribution >= 4 is 5.91 Å². The first-order valence-electron chi connectivity index (χ1n) is 10.6. The Hall–Kier alpha value is -1.43. The molecule has 1 aromatic rings. The standard InChI is InChI=1S/C22H34N4O/c1-25-10-12-26(13-11-25)17-22(7-8-22)16-24-21(27)19-5-2-4-18(14-19)20-6-3-9-23-15-20/h2,4-5,14,20,23H,3,6-13,15-17H2,1H3,(H,24,27)/t20-/m1/s1. The Morgan fingerprint density at radius 1 is 1.26 bits per heavy atom. The summed E-state index contributed by atoms with van der Waals surface area (Å²) < 4.78 is 0. The molecule has 1 saturated carbocycles. The van der Waals surface area contributed by atoms with Crippen molar-refractivity contribution in [2.45, 2.75) is 31.6 Å². The fourth-order valence-corrected chi connectivity index (χ4v) is 4.49. The largest absolute Gasteiger partial charge is 0.351 e. The average molecular weight is 371 g/mol. The van der Waals surface area contributed by atoms with Crippen molar-refractivity contribution in [2.24, 2.45) is 5.41 Å². The maximum absolute atomic E-state index is 12.7. The topological polar surface area (TPSA) is 47.6 Å². The number of piperazine rings is 1. The summed E-state index contributed by atoms with van der Waals surface area (Å²) in [5.41, 5.74) is 2.43. The molecule has 0 unspecified atom stereocenters. The highest BCUT2D eigenvalue weighted by Crippen LogP contribution is 2.45. The first-order valence-corrected chi connectivity index (χ1v) is 10.6. The lowest BCUT2D eigenvalue weighted by molar-refractivity contribution is 0.0927. The Morgan fingerprint density at radius 3 is 2.78 bits per heavy atom. The normalized spacial score (nSPS) is 25.9. The fraction of sp³-hybridized carbons (Fsp3) is 0.682. The Kier molecular flexibility index (Phi) is 5.81. The van der Waals surface area contributed by atoms with E-state index in [1.54, 1.807) is 0 Å². The van der Waals surface area contributed by atoms with Crippen LogP contribution in [0.3, 0.4) is 0 Å². The van der Waals surface area contributed by atoms with E-state index in [0.717, 1.165) is 57.9 Å². The summed E-state index contributed by atoms with van der Waals surface area (Å²) in [6, 6.07) is 8.27. The SMILES string of the molecule is CN1CCN(CC2(CNC(=O)c3cccc([C@@H]4CCCNC4)c3)CC2)CC1. The summed E-state index contributed by atoms with van der Waals surface area (Å²) in [5.74, 6) is 0.628. The molecular formula is C22H34N4O. The molecule has 3 fully saturated rings. The predicted octanol–water partition coefficient (Wildman–Crippen LogP) is 1.91. The number of amides is 1. The minimum absolute atomic E-state index is 0.0882. The molecule has 0 bridgehead atoms. The number of likely N-dealkylation sites (N-methyl/N-ethyl adjacent to an activating group) is 1. The van der Waals surface area contributed by atoms with E-state index in [-0.39, 0.29) is 5.91 Å². The number of hydrogen-bond acceptors (Lipinski definition) is 4.